The summed E-state index contributed by atoms with van der Waals surface area (Å²) in [5, 5.41) is 7.50. The summed E-state index contributed by atoms with van der Waals surface area (Å²) in [6.45, 7) is 8.34. The predicted octanol–water partition coefficient (Wildman–Crippen LogP) is 4.75. The number of para-hydroxylation sites is 1. The molecular formula is C30H32N6O3. The van der Waals surface area contributed by atoms with Gasteiger partial charge in [0.2, 0.25) is 11.9 Å². The fourth-order valence-corrected chi connectivity index (χ4v) is 5.56. The number of aromatic nitrogens is 3. The molecule has 2 N–H and O–H groups in total. The van der Waals surface area contributed by atoms with Crippen molar-refractivity contribution in [3.05, 3.63) is 72.6 Å². The van der Waals surface area contributed by atoms with Crippen LogP contribution in [0.5, 0.6) is 5.75 Å². The van der Waals surface area contributed by atoms with Crippen LogP contribution in [0.4, 0.5) is 17.3 Å². The van der Waals surface area contributed by atoms with Gasteiger partial charge in [0, 0.05) is 60.2 Å². The monoisotopic (exact) mass is 524 g/mol. The van der Waals surface area contributed by atoms with Crippen molar-refractivity contribution in [2.75, 3.05) is 44.0 Å². The van der Waals surface area contributed by atoms with Gasteiger partial charge in [0.05, 0.1) is 31.7 Å². The van der Waals surface area contributed by atoms with Crippen LogP contribution in [0.25, 0.3) is 22.2 Å². The van der Waals surface area contributed by atoms with Gasteiger partial charge in [0.1, 0.15) is 5.75 Å². The Kier molecular flexibility index (Phi) is 7.00. The first-order valence-corrected chi connectivity index (χ1v) is 13.3. The fourth-order valence-electron chi connectivity index (χ4n) is 5.56. The van der Waals surface area contributed by atoms with Gasteiger partial charge in [-0.2, -0.15) is 0 Å². The van der Waals surface area contributed by atoms with Crippen molar-refractivity contribution >= 4 is 34.1 Å². The molecule has 9 heteroatoms. The highest BCUT2D eigenvalue weighted by molar-refractivity contribution is 6.00. The topological polar surface area (TPSA) is 93.5 Å². The Morgan fingerprint density at radius 3 is 2.82 bits per heavy atom. The van der Waals surface area contributed by atoms with Crippen molar-refractivity contribution < 1.29 is 14.3 Å². The van der Waals surface area contributed by atoms with E-state index in [0.717, 1.165) is 43.7 Å². The van der Waals surface area contributed by atoms with E-state index in [0.29, 0.717) is 42.8 Å². The number of nitrogens with zero attached hydrogens (tertiary/aromatic N) is 4. The molecule has 0 unspecified atom stereocenters. The van der Waals surface area contributed by atoms with Crippen molar-refractivity contribution in [3.63, 3.8) is 0 Å². The molecule has 200 valence electrons. The van der Waals surface area contributed by atoms with Crippen molar-refractivity contribution in [2.45, 2.75) is 25.9 Å². The molecule has 1 fully saturated rings. The summed E-state index contributed by atoms with van der Waals surface area (Å²) >= 11 is 0. The largest absolute Gasteiger partial charge is 0.495 e. The molecule has 0 saturated carbocycles. The van der Waals surface area contributed by atoms with Gasteiger partial charge in [0.25, 0.3) is 0 Å². The summed E-state index contributed by atoms with van der Waals surface area (Å²) in [5.74, 6) is 0.816. The average Bonchev–Trinajstić information content (AvgIpc) is 3.56. The number of ether oxygens (including phenoxy) is 2. The Balaban J connectivity index is 1.35. The molecule has 2 aliphatic heterocycles. The van der Waals surface area contributed by atoms with E-state index in [9.17, 15) is 4.79 Å². The Bertz CT molecular complexity index is 1540. The molecule has 1 saturated heterocycles. The Morgan fingerprint density at radius 2 is 2.00 bits per heavy atom. The molecule has 0 atom stereocenters. The number of benzene rings is 2. The van der Waals surface area contributed by atoms with Gasteiger partial charge in [0.15, 0.2) is 0 Å². The first kappa shape index (κ1) is 25.1. The zero-order valence-electron chi connectivity index (χ0n) is 22.1. The molecule has 4 heterocycles. The Labute approximate surface area is 227 Å². The third-order valence-corrected chi connectivity index (χ3v) is 7.40. The third-order valence-electron chi connectivity index (χ3n) is 7.40. The number of carbonyl (C=O) groups excluding carboxylic acids is 1. The molecule has 2 aromatic heterocycles. The molecule has 1 amide bonds. The SMILES string of the molecule is C=CC(=O)Nc1cc(Nc2nccc(-c3c4n(c5ccccc35)CCC4)n2)c(OC)cc1CN1CCOCC1. The second-order valence-corrected chi connectivity index (χ2v) is 9.78. The highest BCUT2D eigenvalue weighted by Crippen LogP contribution is 2.39. The van der Waals surface area contributed by atoms with Crippen LogP contribution in [-0.4, -0.2) is 58.8 Å². The maximum atomic E-state index is 12.3. The molecule has 4 aromatic rings. The van der Waals surface area contributed by atoms with E-state index < -0.39 is 0 Å². The van der Waals surface area contributed by atoms with Crippen LogP contribution in [0, 0.1) is 0 Å². The fraction of sp³-hybridized carbons (Fsp3) is 0.300. The quantitative estimate of drug-likeness (QED) is 0.321. The molecule has 9 nitrogen and oxygen atoms in total. The van der Waals surface area contributed by atoms with Crippen molar-refractivity contribution in [1.29, 1.82) is 0 Å². The molecule has 6 rings (SSSR count). The van der Waals surface area contributed by atoms with E-state index in [1.54, 1.807) is 13.3 Å². The molecule has 0 radical (unpaired) electrons. The lowest BCUT2D eigenvalue weighted by Gasteiger charge is -2.28. The first-order valence-electron chi connectivity index (χ1n) is 13.3. The Morgan fingerprint density at radius 1 is 1.15 bits per heavy atom. The number of hydrogen-bond donors (Lipinski definition) is 2. The van der Waals surface area contributed by atoms with Crippen LogP contribution < -0.4 is 15.4 Å². The number of aryl methyl sites for hydroxylation is 1. The van der Waals surface area contributed by atoms with E-state index in [4.69, 9.17) is 14.5 Å². The van der Waals surface area contributed by atoms with Gasteiger partial charge in [-0.25, -0.2) is 9.97 Å². The number of hydrogen-bond acceptors (Lipinski definition) is 7. The summed E-state index contributed by atoms with van der Waals surface area (Å²) < 4.78 is 13.7. The lowest BCUT2D eigenvalue weighted by molar-refractivity contribution is -0.111. The molecule has 0 bridgehead atoms. The minimum Gasteiger partial charge on any atom is -0.495 e. The highest BCUT2D eigenvalue weighted by Gasteiger charge is 2.23. The van der Waals surface area contributed by atoms with Crippen LogP contribution in [0.1, 0.15) is 17.7 Å². The first-order chi connectivity index (χ1) is 19.1. The van der Waals surface area contributed by atoms with Crippen LogP contribution in [0.15, 0.2) is 61.3 Å². The summed E-state index contributed by atoms with van der Waals surface area (Å²) in [6.07, 6.45) is 5.21. The van der Waals surface area contributed by atoms with Crippen LogP contribution in [0.2, 0.25) is 0 Å². The number of amides is 1. The van der Waals surface area contributed by atoms with Crippen molar-refractivity contribution in [1.82, 2.24) is 19.4 Å². The maximum absolute atomic E-state index is 12.3. The number of methoxy groups -OCH3 is 1. The molecule has 2 aromatic carbocycles. The zero-order chi connectivity index (χ0) is 26.8. The standard InChI is InChI=1S/C30H32N6O3/c1-3-28(37)32-23-18-24(27(38-2)17-20(23)19-35-13-15-39-16-14-35)34-30-31-11-10-22(33-30)29-21-7-4-5-8-25(21)36-12-6-9-26(29)36/h3-5,7-8,10-11,17-18H,1,6,9,12-16,19H2,2H3,(H,32,37)(H,31,33,34). The minimum atomic E-state index is -0.276. The van der Waals surface area contributed by atoms with Crippen LogP contribution in [-0.2, 0) is 29.0 Å². The van der Waals surface area contributed by atoms with Gasteiger partial charge in [-0.1, -0.05) is 24.8 Å². The maximum Gasteiger partial charge on any atom is 0.247 e. The summed E-state index contributed by atoms with van der Waals surface area (Å²) in [4.78, 5) is 24.0. The summed E-state index contributed by atoms with van der Waals surface area (Å²) in [6, 6.07) is 14.3. The lowest BCUT2D eigenvalue weighted by atomic mass is 10.1. The zero-order valence-corrected chi connectivity index (χ0v) is 22.1. The molecule has 39 heavy (non-hydrogen) atoms. The second-order valence-electron chi connectivity index (χ2n) is 9.78. The van der Waals surface area contributed by atoms with Gasteiger partial charge < -0.3 is 24.7 Å². The van der Waals surface area contributed by atoms with E-state index in [1.807, 2.05) is 18.2 Å². The van der Waals surface area contributed by atoms with Gasteiger partial charge >= 0.3 is 0 Å². The normalized spacial score (nSPS) is 15.2. The second kappa shape index (κ2) is 10.9. The van der Waals surface area contributed by atoms with Crippen LogP contribution >= 0.6 is 0 Å². The third kappa shape index (κ3) is 4.98. The van der Waals surface area contributed by atoms with Crippen molar-refractivity contribution in [2.24, 2.45) is 0 Å². The summed E-state index contributed by atoms with van der Waals surface area (Å²) in [7, 11) is 1.63. The van der Waals surface area contributed by atoms with Gasteiger partial charge in [-0.05, 0) is 48.7 Å². The summed E-state index contributed by atoms with van der Waals surface area (Å²) in [5.41, 5.74) is 6.89. The number of fused-ring (bicyclic) bond motifs is 3. The number of anilines is 3. The molecule has 0 aliphatic carbocycles. The molecule has 2 aliphatic rings. The smallest absolute Gasteiger partial charge is 0.247 e. The van der Waals surface area contributed by atoms with E-state index >= 15 is 0 Å². The number of nitrogens with one attached hydrogen (secondary N) is 2. The van der Waals surface area contributed by atoms with E-state index in [1.165, 1.54) is 28.2 Å². The number of carbonyl (C=O) groups is 1. The van der Waals surface area contributed by atoms with E-state index in [-0.39, 0.29) is 5.91 Å². The molecule has 0 spiro atoms. The number of morpholine rings is 1. The highest BCUT2D eigenvalue weighted by atomic mass is 16.5. The van der Waals surface area contributed by atoms with E-state index in [2.05, 4.69) is 55.9 Å². The number of rotatable bonds is 8. The van der Waals surface area contributed by atoms with Gasteiger partial charge in [-0.15, -0.1) is 0 Å². The average molecular weight is 525 g/mol. The van der Waals surface area contributed by atoms with Crippen LogP contribution in [0.3, 0.4) is 0 Å². The van der Waals surface area contributed by atoms with Crippen molar-refractivity contribution in [3.8, 4) is 17.0 Å². The lowest BCUT2D eigenvalue weighted by Crippen LogP contribution is -2.35. The van der Waals surface area contributed by atoms with Gasteiger partial charge in [-0.3, -0.25) is 9.69 Å². The predicted molar refractivity (Wildman–Crippen MR) is 152 cm³/mol. The minimum absolute atomic E-state index is 0.276. The Hall–Kier alpha value is -4.21. The molecular weight excluding hydrogens is 492 g/mol.